The number of aliphatic hydroxyl groups is 1. The summed E-state index contributed by atoms with van der Waals surface area (Å²) in [6.07, 6.45) is -0.539. The number of ether oxygens (including phenoxy) is 2. The molecule has 0 aliphatic carbocycles. The predicted molar refractivity (Wildman–Crippen MR) is 94.3 cm³/mol. The molecule has 0 fully saturated rings. The molecule has 9 heteroatoms. The van der Waals surface area contributed by atoms with Crippen LogP contribution in [0.5, 0.6) is 0 Å². The van der Waals surface area contributed by atoms with E-state index in [1.54, 1.807) is 27.7 Å². The Kier molecular flexibility index (Phi) is 11.0. The summed E-state index contributed by atoms with van der Waals surface area (Å²) < 4.78 is 22.1. The van der Waals surface area contributed by atoms with E-state index in [9.17, 15) is 24.2 Å². The van der Waals surface area contributed by atoms with Crippen LogP contribution in [-0.2, 0) is 18.8 Å². The van der Waals surface area contributed by atoms with E-state index in [1.807, 2.05) is 6.92 Å². The Hall–Kier alpha value is -1.11. The minimum Gasteiger partial charge on any atom is -0.425 e. The van der Waals surface area contributed by atoms with Crippen LogP contribution >= 0.6 is 7.37 Å². The van der Waals surface area contributed by atoms with E-state index in [2.05, 4.69) is 5.32 Å². The fraction of sp³-hybridized carbons (Fsp3) is 0.875. The second kappa shape index (κ2) is 11.5. The van der Waals surface area contributed by atoms with Crippen LogP contribution in [0.15, 0.2) is 0 Å². The summed E-state index contributed by atoms with van der Waals surface area (Å²) in [5, 5.41) is 12.2. The molecule has 0 saturated carbocycles. The highest BCUT2D eigenvalue weighted by molar-refractivity contribution is 7.58. The minimum atomic E-state index is -3.64. The molecule has 0 heterocycles. The number of hydrogen-bond donors (Lipinski definition) is 3. The van der Waals surface area contributed by atoms with Crippen molar-refractivity contribution >= 4 is 19.4 Å². The number of carbonyl (C=O) groups excluding carboxylic acids is 2. The van der Waals surface area contributed by atoms with E-state index in [1.165, 1.54) is 0 Å². The fourth-order valence-electron chi connectivity index (χ4n) is 1.73. The molecule has 148 valence electrons. The molecule has 8 nitrogen and oxygen atoms in total. The number of aliphatic hydroxyl groups excluding tert-OH is 1. The zero-order valence-electron chi connectivity index (χ0n) is 15.7. The highest BCUT2D eigenvalue weighted by Crippen LogP contribution is 2.46. The number of alkyl carbamates (subject to hydrolysis) is 1. The summed E-state index contributed by atoms with van der Waals surface area (Å²) in [5.41, 5.74) is 0. The summed E-state index contributed by atoms with van der Waals surface area (Å²) in [6.45, 7) is 8.69. The maximum absolute atomic E-state index is 11.9. The number of esters is 1. The van der Waals surface area contributed by atoms with Crippen molar-refractivity contribution in [3.05, 3.63) is 0 Å². The lowest BCUT2D eigenvalue weighted by atomic mass is 10.2. The third-order valence-corrected chi connectivity index (χ3v) is 5.59. The largest absolute Gasteiger partial charge is 0.425 e. The highest BCUT2D eigenvalue weighted by atomic mass is 31.2. The Morgan fingerprint density at radius 2 is 1.76 bits per heavy atom. The van der Waals surface area contributed by atoms with Crippen LogP contribution < -0.4 is 5.32 Å². The van der Waals surface area contributed by atoms with Crippen molar-refractivity contribution in [3.63, 3.8) is 0 Å². The van der Waals surface area contributed by atoms with Crippen molar-refractivity contribution in [2.75, 3.05) is 12.7 Å². The van der Waals surface area contributed by atoms with Crippen molar-refractivity contribution in [2.24, 2.45) is 11.8 Å². The fourth-order valence-corrected chi connectivity index (χ4v) is 3.33. The summed E-state index contributed by atoms with van der Waals surface area (Å²) in [6, 6.07) is 0. The number of unbranched alkanes of at least 4 members (excludes halogenated alkanes) is 1. The summed E-state index contributed by atoms with van der Waals surface area (Å²) >= 11 is 0. The molecule has 0 rings (SSSR count). The van der Waals surface area contributed by atoms with Gasteiger partial charge in [0.25, 0.3) is 6.29 Å². The van der Waals surface area contributed by atoms with Gasteiger partial charge in [0.05, 0.1) is 5.92 Å². The van der Waals surface area contributed by atoms with E-state index >= 15 is 0 Å². The molecule has 0 aromatic rings. The normalized spacial score (nSPS) is 16.2. The smallest absolute Gasteiger partial charge is 0.410 e. The molecule has 25 heavy (non-hydrogen) atoms. The van der Waals surface area contributed by atoms with Crippen LogP contribution in [0.2, 0.25) is 0 Å². The van der Waals surface area contributed by atoms with Gasteiger partial charge in [-0.3, -0.25) is 9.36 Å². The van der Waals surface area contributed by atoms with Gasteiger partial charge in [-0.2, -0.15) is 0 Å². The lowest BCUT2D eigenvalue weighted by Crippen LogP contribution is -2.36. The second-order valence-electron chi connectivity index (χ2n) is 6.64. The number of hydrogen-bond acceptors (Lipinski definition) is 6. The Morgan fingerprint density at radius 3 is 2.24 bits per heavy atom. The Morgan fingerprint density at radius 1 is 1.16 bits per heavy atom. The average Bonchev–Trinajstić information content (AvgIpc) is 2.51. The molecule has 0 aromatic carbocycles. The molecule has 0 aromatic heterocycles. The first-order valence-electron chi connectivity index (χ1n) is 8.65. The molecular weight excluding hydrogens is 349 g/mol. The molecule has 0 aliphatic rings. The molecule has 1 unspecified atom stereocenters. The first kappa shape index (κ1) is 23.9. The van der Waals surface area contributed by atoms with Crippen LogP contribution in [0.3, 0.4) is 0 Å². The number of nitrogens with one attached hydrogen (secondary N) is 1. The predicted octanol–water partition coefficient (Wildman–Crippen LogP) is 2.67. The lowest BCUT2D eigenvalue weighted by Gasteiger charge is -2.23. The van der Waals surface area contributed by atoms with Gasteiger partial charge in [0.1, 0.15) is 5.85 Å². The van der Waals surface area contributed by atoms with Crippen molar-refractivity contribution in [1.82, 2.24) is 5.32 Å². The van der Waals surface area contributed by atoms with Gasteiger partial charge in [0.15, 0.2) is 0 Å². The molecule has 0 aliphatic heterocycles. The SMILES string of the molecule is CCCCP(=O)(O)[C@H](O)CCNC(=O)O[C@H](OC(=O)C(C)C)C(C)C. The zero-order chi connectivity index (χ0) is 19.6. The van der Waals surface area contributed by atoms with Gasteiger partial charge in [0, 0.05) is 25.0 Å². The van der Waals surface area contributed by atoms with E-state index in [0.29, 0.717) is 6.42 Å². The molecule has 1 amide bonds. The average molecular weight is 381 g/mol. The number of rotatable bonds is 11. The van der Waals surface area contributed by atoms with Crippen LogP contribution in [0.4, 0.5) is 4.79 Å². The van der Waals surface area contributed by atoms with Crippen LogP contribution in [0.1, 0.15) is 53.9 Å². The second-order valence-corrected chi connectivity index (χ2v) is 9.19. The first-order valence-corrected chi connectivity index (χ1v) is 10.6. The van der Waals surface area contributed by atoms with Gasteiger partial charge in [-0.05, 0) is 6.42 Å². The zero-order valence-corrected chi connectivity index (χ0v) is 16.6. The summed E-state index contributed by atoms with van der Waals surface area (Å²) in [7, 11) is -3.64. The van der Waals surface area contributed by atoms with Gasteiger partial charge in [-0.1, -0.05) is 41.0 Å². The first-order chi connectivity index (χ1) is 11.5. The maximum atomic E-state index is 11.9. The van der Waals surface area contributed by atoms with E-state index in [4.69, 9.17) is 9.47 Å². The van der Waals surface area contributed by atoms with E-state index < -0.39 is 31.6 Å². The maximum Gasteiger partial charge on any atom is 0.410 e. The van der Waals surface area contributed by atoms with E-state index in [-0.39, 0.29) is 31.0 Å². The highest BCUT2D eigenvalue weighted by Gasteiger charge is 2.28. The molecule has 3 atom stereocenters. The quantitative estimate of drug-likeness (QED) is 0.286. The molecule has 3 N–H and O–H groups in total. The van der Waals surface area contributed by atoms with E-state index in [0.717, 1.165) is 6.42 Å². The van der Waals surface area contributed by atoms with Gasteiger partial charge in [-0.15, -0.1) is 0 Å². The van der Waals surface area contributed by atoms with Gasteiger partial charge in [-0.25, -0.2) is 4.79 Å². The minimum absolute atomic E-state index is 0.0282. The third-order valence-electron chi connectivity index (χ3n) is 3.44. The molecule has 0 spiro atoms. The topological polar surface area (TPSA) is 122 Å². The van der Waals surface area contributed by atoms with Crippen LogP contribution in [0, 0.1) is 11.8 Å². The number of carbonyl (C=O) groups is 2. The van der Waals surface area contributed by atoms with Crippen molar-refractivity contribution in [2.45, 2.75) is 66.0 Å². The van der Waals surface area contributed by atoms with Crippen molar-refractivity contribution in [1.29, 1.82) is 0 Å². The Bertz CT molecular complexity index is 467. The Balaban J connectivity index is 4.36. The van der Waals surface area contributed by atoms with Crippen LogP contribution in [0.25, 0.3) is 0 Å². The number of amides is 1. The standard InChI is InChI=1S/C16H32NO7P/c1-6-7-10-25(21,22)13(18)8-9-17-16(20)24-15(12(4)5)23-14(19)11(2)3/h11-13,15,18H,6-10H2,1-5H3,(H,17,20)(H,21,22)/t13-,15-/m0/s1. The van der Waals surface area contributed by atoms with Crippen LogP contribution in [-0.4, -0.2) is 46.9 Å². The molecule has 0 radical (unpaired) electrons. The van der Waals surface area contributed by atoms with Crippen molar-refractivity contribution < 1.29 is 33.6 Å². The molecular formula is C16H32NO7P. The third kappa shape index (κ3) is 9.82. The van der Waals surface area contributed by atoms with Gasteiger partial charge < -0.3 is 24.8 Å². The Labute approximate surface area is 149 Å². The monoisotopic (exact) mass is 381 g/mol. The van der Waals surface area contributed by atoms with Crippen molar-refractivity contribution in [3.8, 4) is 0 Å². The van der Waals surface area contributed by atoms with Gasteiger partial charge in [0.2, 0.25) is 7.37 Å². The lowest BCUT2D eigenvalue weighted by molar-refractivity contribution is -0.178. The van der Waals surface area contributed by atoms with Gasteiger partial charge >= 0.3 is 12.1 Å². The summed E-state index contributed by atoms with van der Waals surface area (Å²) in [4.78, 5) is 33.1. The summed E-state index contributed by atoms with van der Waals surface area (Å²) in [5.74, 6) is -2.44. The molecule has 0 saturated heterocycles. The molecule has 0 bridgehead atoms.